The van der Waals surface area contributed by atoms with Crippen LogP contribution < -0.4 is 5.32 Å². The van der Waals surface area contributed by atoms with Gasteiger partial charge < -0.3 is 9.84 Å². The van der Waals surface area contributed by atoms with Crippen molar-refractivity contribution in [2.45, 2.75) is 72.4 Å². The molecule has 3 rings (SSSR count). The van der Waals surface area contributed by atoms with Gasteiger partial charge in [0.2, 0.25) is 11.8 Å². The SMILES string of the molecule is C[C@@H]1C[C@@H](C)CN(Cc2ccc(CNC(=O)CCc3nc(C(C)(C)C)no3)cc2)C1. The Bertz CT molecular complexity index is 812. The molecule has 0 spiro atoms. The number of likely N-dealkylation sites (tertiary alicyclic amines) is 1. The van der Waals surface area contributed by atoms with Crippen molar-refractivity contribution >= 4 is 5.91 Å². The van der Waals surface area contributed by atoms with E-state index < -0.39 is 0 Å². The smallest absolute Gasteiger partial charge is 0.227 e. The Hall–Kier alpha value is -2.21. The first-order valence-corrected chi connectivity index (χ1v) is 11.1. The minimum atomic E-state index is -0.152. The highest BCUT2D eigenvalue weighted by Crippen LogP contribution is 2.22. The van der Waals surface area contributed by atoms with Crippen molar-refractivity contribution in [1.82, 2.24) is 20.4 Å². The van der Waals surface area contributed by atoms with Crippen molar-refractivity contribution in [2.24, 2.45) is 11.8 Å². The van der Waals surface area contributed by atoms with Crippen molar-refractivity contribution in [3.63, 3.8) is 0 Å². The molecule has 1 aliphatic rings. The van der Waals surface area contributed by atoms with Crippen LogP contribution in [-0.2, 0) is 29.7 Å². The van der Waals surface area contributed by atoms with E-state index in [4.69, 9.17) is 4.52 Å². The topological polar surface area (TPSA) is 71.3 Å². The van der Waals surface area contributed by atoms with E-state index in [-0.39, 0.29) is 11.3 Å². The van der Waals surface area contributed by atoms with Crippen molar-refractivity contribution < 1.29 is 9.32 Å². The van der Waals surface area contributed by atoms with E-state index in [1.807, 2.05) is 20.8 Å². The molecule has 1 aliphatic heterocycles. The fraction of sp³-hybridized carbons (Fsp3) is 0.625. The first-order valence-electron chi connectivity index (χ1n) is 11.1. The first kappa shape index (κ1) is 22.5. The van der Waals surface area contributed by atoms with Crippen molar-refractivity contribution in [3.8, 4) is 0 Å². The fourth-order valence-corrected chi connectivity index (χ4v) is 4.11. The lowest BCUT2D eigenvalue weighted by atomic mass is 9.91. The predicted molar refractivity (Wildman–Crippen MR) is 118 cm³/mol. The number of nitrogens with zero attached hydrogens (tertiary/aromatic N) is 3. The molecule has 0 aliphatic carbocycles. The maximum absolute atomic E-state index is 12.2. The van der Waals surface area contributed by atoms with E-state index in [0.29, 0.717) is 31.1 Å². The number of carbonyl (C=O) groups excluding carboxylic acids is 1. The summed E-state index contributed by atoms with van der Waals surface area (Å²) in [6, 6.07) is 8.58. The number of aromatic nitrogens is 2. The Morgan fingerprint density at radius 1 is 1.13 bits per heavy atom. The van der Waals surface area contributed by atoms with Crippen LogP contribution in [0.5, 0.6) is 0 Å². The minimum absolute atomic E-state index is 0.00845. The van der Waals surface area contributed by atoms with E-state index in [0.717, 1.165) is 23.9 Å². The number of piperidine rings is 1. The molecular weight excluding hydrogens is 376 g/mol. The summed E-state index contributed by atoms with van der Waals surface area (Å²) in [6.07, 6.45) is 2.13. The van der Waals surface area contributed by atoms with Crippen LogP contribution in [0.4, 0.5) is 0 Å². The standard InChI is InChI=1S/C24H36N4O2/c1-17-12-18(2)15-28(14-17)16-20-8-6-19(7-9-20)13-25-21(29)10-11-22-26-23(27-30-22)24(3,4)5/h6-9,17-18H,10-16H2,1-5H3,(H,25,29)/t17-,18-/m1/s1. The molecule has 1 saturated heterocycles. The number of carbonyl (C=O) groups is 1. The average Bonchev–Trinajstić information content (AvgIpc) is 3.14. The lowest BCUT2D eigenvalue weighted by Gasteiger charge is -2.35. The summed E-state index contributed by atoms with van der Waals surface area (Å²) in [7, 11) is 0. The number of hydrogen-bond acceptors (Lipinski definition) is 5. The van der Waals surface area contributed by atoms with Crippen LogP contribution in [-0.4, -0.2) is 34.0 Å². The van der Waals surface area contributed by atoms with Crippen LogP contribution in [0.3, 0.4) is 0 Å². The summed E-state index contributed by atoms with van der Waals surface area (Å²) in [5.41, 5.74) is 2.29. The normalized spacial score (nSPS) is 20.3. The van der Waals surface area contributed by atoms with E-state index in [9.17, 15) is 4.79 Å². The van der Waals surface area contributed by atoms with Gasteiger partial charge in [-0.2, -0.15) is 4.98 Å². The van der Waals surface area contributed by atoms with E-state index in [1.165, 1.54) is 25.1 Å². The lowest BCUT2D eigenvalue weighted by molar-refractivity contribution is -0.121. The van der Waals surface area contributed by atoms with Crippen LogP contribution in [0.15, 0.2) is 28.8 Å². The number of amides is 1. The third kappa shape index (κ3) is 6.66. The second-order valence-corrected chi connectivity index (χ2v) is 10.00. The average molecular weight is 413 g/mol. The van der Waals surface area contributed by atoms with Gasteiger partial charge in [-0.05, 0) is 29.4 Å². The summed E-state index contributed by atoms with van der Waals surface area (Å²) in [5, 5.41) is 6.98. The van der Waals surface area contributed by atoms with E-state index in [2.05, 4.69) is 58.5 Å². The predicted octanol–water partition coefficient (Wildman–Crippen LogP) is 4.09. The molecular formula is C24H36N4O2. The molecule has 0 saturated carbocycles. The molecule has 2 heterocycles. The molecule has 6 heteroatoms. The third-order valence-electron chi connectivity index (χ3n) is 5.57. The Balaban J connectivity index is 1.41. The van der Waals surface area contributed by atoms with E-state index in [1.54, 1.807) is 0 Å². The number of nitrogens with one attached hydrogen (secondary N) is 1. The molecule has 1 aromatic heterocycles. The van der Waals surface area contributed by atoms with Crippen molar-refractivity contribution in [3.05, 3.63) is 47.1 Å². The van der Waals surface area contributed by atoms with Gasteiger partial charge in [-0.25, -0.2) is 0 Å². The monoisotopic (exact) mass is 412 g/mol. The molecule has 0 radical (unpaired) electrons. The zero-order valence-corrected chi connectivity index (χ0v) is 19.1. The number of rotatable bonds is 7. The van der Waals surface area contributed by atoms with Crippen LogP contribution in [0, 0.1) is 11.8 Å². The summed E-state index contributed by atoms with van der Waals surface area (Å²) in [5.74, 6) is 2.73. The molecule has 2 atom stereocenters. The largest absolute Gasteiger partial charge is 0.352 e. The van der Waals surface area contributed by atoms with Gasteiger partial charge in [-0.1, -0.05) is 64.0 Å². The molecule has 0 unspecified atom stereocenters. The zero-order valence-electron chi connectivity index (χ0n) is 19.1. The van der Waals surface area contributed by atoms with Crippen LogP contribution in [0.1, 0.15) is 70.3 Å². The Labute approximate surface area is 180 Å². The maximum Gasteiger partial charge on any atom is 0.227 e. The summed E-state index contributed by atoms with van der Waals surface area (Å²) in [6.45, 7) is 14.7. The second-order valence-electron chi connectivity index (χ2n) is 10.00. The number of benzene rings is 1. The van der Waals surface area contributed by atoms with Gasteiger partial charge in [0.15, 0.2) is 5.82 Å². The van der Waals surface area contributed by atoms with Crippen LogP contribution in [0.2, 0.25) is 0 Å². The number of aryl methyl sites for hydroxylation is 1. The minimum Gasteiger partial charge on any atom is -0.352 e. The molecule has 1 aromatic carbocycles. The second kappa shape index (κ2) is 9.73. The lowest BCUT2D eigenvalue weighted by Crippen LogP contribution is -2.38. The van der Waals surface area contributed by atoms with Gasteiger partial charge in [0.05, 0.1) is 0 Å². The molecule has 1 amide bonds. The van der Waals surface area contributed by atoms with Crippen molar-refractivity contribution in [2.75, 3.05) is 13.1 Å². The molecule has 1 fully saturated rings. The quantitative estimate of drug-likeness (QED) is 0.741. The van der Waals surface area contributed by atoms with Gasteiger partial charge in [0, 0.05) is 44.4 Å². The van der Waals surface area contributed by atoms with Gasteiger partial charge in [-0.15, -0.1) is 0 Å². The molecule has 2 aromatic rings. The Morgan fingerprint density at radius 2 is 1.77 bits per heavy atom. The highest BCUT2D eigenvalue weighted by Gasteiger charge is 2.22. The van der Waals surface area contributed by atoms with Gasteiger partial charge >= 0.3 is 0 Å². The third-order valence-corrected chi connectivity index (χ3v) is 5.57. The fourth-order valence-electron chi connectivity index (χ4n) is 4.11. The van der Waals surface area contributed by atoms with Gasteiger partial charge in [0.25, 0.3) is 0 Å². The highest BCUT2D eigenvalue weighted by molar-refractivity contribution is 5.76. The van der Waals surface area contributed by atoms with Crippen LogP contribution >= 0.6 is 0 Å². The summed E-state index contributed by atoms with van der Waals surface area (Å²) in [4.78, 5) is 19.1. The van der Waals surface area contributed by atoms with E-state index >= 15 is 0 Å². The maximum atomic E-state index is 12.2. The molecule has 30 heavy (non-hydrogen) atoms. The zero-order chi connectivity index (χ0) is 21.7. The Kier molecular flexibility index (Phi) is 7.29. The molecule has 6 nitrogen and oxygen atoms in total. The van der Waals surface area contributed by atoms with Gasteiger partial charge in [0.1, 0.15) is 0 Å². The molecule has 1 N–H and O–H groups in total. The first-order chi connectivity index (χ1) is 14.2. The number of hydrogen-bond donors (Lipinski definition) is 1. The molecule has 164 valence electrons. The summed E-state index contributed by atoms with van der Waals surface area (Å²) < 4.78 is 5.25. The van der Waals surface area contributed by atoms with Crippen LogP contribution in [0.25, 0.3) is 0 Å². The summed E-state index contributed by atoms with van der Waals surface area (Å²) >= 11 is 0. The van der Waals surface area contributed by atoms with Crippen molar-refractivity contribution in [1.29, 1.82) is 0 Å². The highest BCUT2D eigenvalue weighted by atomic mass is 16.5. The Morgan fingerprint density at radius 3 is 2.37 bits per heavy atom. The molecule has 0 bridgehead atoms. The van der Waals surface area contributed by atoms with Gasteiger partial charge in [-0.3, -0.25) is 9.69 Å².